The number of guanidine groups is 1. The topological polar surface area (TPSA) is 40.1 Å². The molecular formula is C21H34N4O. The molecule has 1 unspecified atom stereocenters. The average molecular weight is 359 g/mol. The van der Waals surface area contributed by atoms with Gasteiger partial charge in [-0.2, -0.15) is 0 Å². The highest BCUT2D eigenvalue weighted by molar-refractivity contribution is 5.80. The Morgan fingerprint density at radius 2 is 1.85 bits per heavy atom. The first kappa shape index (κ1) is 19.2. The van der Waals surface area contributed by atoms with Gasteiger partial charge in [-0.1, -0.05) is 37.3 Å². The first-order valence-electron chi connectivity index (χ1n) is 10.2. The van der Waals surface area contributed by atoms with E-state index >= 15 is 0 Å². The molecule has 2 heterocycles. The van der Waals surface area contributed by atoms with E-state index in [1.165, 1.54) is 18.4 Å². The average Bonchev–Trinajstić information content (AvgIpc) is 2.70. The maximum absolute atomic E-state index is 5.56. The molecule has 1 N–H and O–H groups in total. The summed E-state index contributed by atoms with van der Waals surface area (Å²) in [5.74, 6) is 1.91. The summed E-state index contributed by atoms with van der Waals surface area (Å²) >= 11 is 0. The van der Waals surface area contributed by atoms with Crippen LogP contribution in [-0.2, 0) is 4.74 Å². The zero-order valence-corrected chi connectivity index (χ0v) is 16.4. The Morgan fingerprint density at radius 1 is 1.15 bits per heavy atom. The summed E-state index contributed by atoms with van der Waals surface area (Å²) in [6.45, 7) is 12.0. The summed E-state index contributed by atoms with van der Waals surface area (Å²) in [6.07, 6.45) is 2.52. The molecule has 26 heavy (non-hydrogen) atoms. The van der Waals surface area contributed by atoms with E-state index in [2.05, 4.69) is 59.3 Å². The highest BCUT2D eigenvalue weighted by Crippen LogP contribution is 2.23. The monoisotopic (exact) mass is 358 g/mol. The van der Waals surface area contributed by atoms with Crippen LogP contribution < -0.4 is 5.32 Å². The number of nitrogens with zero attached hydrogens (tertiary/aromatic N) is 3. The van der Waals surface area contributed by atoms with Crippen molar-refractivity contribution in [2.24, 2.45) is 10.9 Å². The Kier molecular flexibility index (Phi) is 7.32. The molecule has 5 nitrogen and oxygen atoms in total. The van der Waals surface area contributed by atoms with Gasteiger partial charge >= 0.3 is 0 Å². The van der Waals surface area contributed by atoms with Crippen molar-refractivity contribution in [3.05, 3.63) is 35.9 Å². The third kappa shape index (κ3) is 5.21. The fourth-order valence-electron chi connectivity index (χ4n) is 3.82. The normalized spacial score (nSPS) is 21.6. The van der Waals surface area contributed by atoms with E-state index in [1.807, 2.05) is 0 Å². The van der Waals surface area contributed by atoms with E-state index in [9.17, 15) is 0 Å². The van der Waals surface area contributed by atoms with E-state index < -0.39 is 0 Å². The lowest BCUT2D eigenvalue weighted by Gasteiger charge is -2.35. The summed E-state index contributed by atoms with van der Waals surface area (Å²) in [7, 11) is 0. The molecule has 0 aromatic heterocycles. The summed E-state index contributed by atoms with van der Waals surface area (Å²) < 4.78 is 5.56. The van der Waals surface area contributed by atoms with Gasteiger partial charge in [0.15, 0.2) is 5.96 Å². The Bertz CT molecular complexity index is 548. The zero-order chi connectivity index (χ0) is 18.2. The molecule has 2 aliphatic rings. The minimum Gasteiger partial charge on any atom is -0.379 e. The number of benzene rings is 1. The first-order valence-corrected chi connectivity index (χ1v) is 10.2. The van der Waals surface area contributed by atoms with Crippen LogP contribution in [-0.4, -0.2) is 68.2 Å². The van der Waals surface area contributed by atoms with E-state index in [1.54, 1.807) is 0 Å². The molecule has 0 amide bonds. The standard InChI is InChI=1S/C21H34N4O/c1-3-22-21(25-11-9-18(2)10-12-25)23-17-20(19-7-5-4-6-8-19)24-13-15-26-16-14-24/h4-8,18,20H,3,9-17H2,1-2H3,(H,22,23). The van der Waals surface area contributed by atoms with Crippen LogP contribution in [0.4, 0.5) is 0 Å². The molecular weight excluding hydrogens is 324 g/mol. The van der Waals surface area contributed by atoms with Crippen LogP contribution in [0, 0.1) is 5.92 Å². The number of hydrogen-bond donors (Lipinski definition) is 1. The molecule has 1 aromatic carbocycles. The lowest BCUT2D eigenvalue weighted by molar-refractivity contribution is 0.0179. The smallest absolute Gasteiger partial charge is 0.193 e. The predicted octanol–water partition coefficient (Wildman–Crippen LogP) is 2.76. The number of aliphatic imine (C=N–C) groups is 1. The van der Waals surface area contributed by atoms with Gasteiger partial charge in [0.05, 0.1) is 25.8 Å². The van der Waals surface area contributed by atoms with Crippen molar-refractivity contribution in [2.75, 3.05) is 52.5 Å². The van der Waals surface area contributed by atoms with Gasteiger partial charge in [0.25, 0.3) is 0 Å². The van der Waals surface area contributed by atoms with E-state index in [0.29, 0.717) is 6.04 Å². The molecule has 2 fully saturated rings. The van der Waals surface area contributed by atoms with Crippen molar-refractivity contribution in [3.8, 4) is 0 Å². The number of nitrogens with one attached hydrogen (secondary N) is 1. The molecule has 0 radical (unpaired) electrons. The first-order chi connectivity index (χ1) is 12.8. The van der Waals surface area contributed by atoms with E-state index in [0.717, 1.165) is 64.4 Å². The highest BCUT2D eigenvalue weighted by atomic mass is 16.5. The summed E-state index contributed by atoms with van der Waals surface area (Å²) in [5, 5.41) is 3.51. The number of piperidine rings is 1. The fourth-order valence-corrected chi connectivity index (χ4v) is 3.82. The minimum atomic E-state index is 0.317. The van der Waals surface area contributed by atoms with Crippen LogP contribution in [0.2, 0.25) is 0 Å². The van der Waals surface area contributed by atoms with Crippen molar-refractivity contribution in [1.82, 2.24) is 15.1 Å². The molecule has 144 valence electrons. The van der Waals surface area contributed by atoms with Crippen molar-refractivity contribution < 1.29 is 4.74 Å². The molecule has 5 heteroatoms. The van der Waals surface area contributed by atoms with Gasteiger partial charge in [-0.05, 0) is 31.2 Å². The number of hydrogen-bond acceptors (Lipinski definition) is 3. The predicted molar refractivity (Wildman–Crippen MR) is 108 cm³/mol. The van der Waals surface area contributed by atoms with Gasteiger partial charge in [0, 0.05) is 32.7 Å². The van der Waals surface area contributed by atoms with Gasteiger partial charge in [0.2, 0.25) is 0 Å². The lowest BCUT2D eigenvalue weighted by atomic mass is 9.99. The number of likely N-dealkylation sites (tertiary alicyclic amines) is 1. The van der Waals surface area contributed by atoms with E-state index in [4.69, 9.17) is 9.73 Å². The van der Waals surface area contributed by atoms with E-state index in [-0.39, 0.29) is 0 Å². The third-order valence-electron chi connectivity index (χ3n) is 5.50. The number of rotatable bonds is 5. The summed E-state index contributed by atoms with van der Waals surface area (Å²) in [5.41, 5.74) is 1.35. The van der Waals surface area contributed by atoms with Crippen LogP contribution in [0.1, 0.15) is 38.3 Å². The molecule has 2 saturated heterocycles. The maximum atomic E-state index is 5.56. The van der Waals surface area contributed by atoms with Crippen molar-refractivity contribution in [3.63, 3.8) is 0 Å². The van der Waals surface area contributed by atoms with Crippen LogP contribution in [0.5, 0.6) is 0 Å². The molecule has 0 bridgehead atoms. The van der Waals surface area contributed by atoms with Crippen molar-refractivity contribution in [2.45, 2.75) is 32.7 Å². The van der Waals surface area contributed by atoms with Gasteiger partial charge in [0.1, 0.15) is 0 Å². The highest BCUT2D eigenvalue weighted by Gasteiger charge is 2.24. The second-order valence-corrected chi connectivity index (χ2v) is 7.44. The number of ether oxygens (including phenoxy) is 1. The molecule has 0 spiro atoms. The number of morpholine rings is 1. The Morgan fingerprint density at radius 3 is 2.50 bits per heavy atom. The molecule has 1 atom stereocenters. The van der Waals surface area contributed by atoms with Gasteiger partial charge in [-0.25, -0.2) is 0 Å². The Labute approximate surface area is 158 Å². The van der Waals surface area contributed by atoms with Gasteiger partial charge in [-0.3, -0.25) is 9.89 Å². The van der Waals surface area contributed by atoms with Gasteiger partial charge < -0.3 is 15.0 Å². The molecule has 3 rings (SSSR count). The maximum Gasteiger partial charge on any atom is 0.193 e. The second-order valence-electron chi connectivity index (χ2n) is 7.44. The van der Waals surface area contributed by atoms with Crippen LogP contribution >= 0.6 is 0 Å². The van der Waals surface area contributed by atoms with Gasteiger partial charge in [-0.15, -0.1) is 0 Å². The lowest BCUT2D eigenvalue weighted by Crippen LogP contribution is -2.46. The minimum absolute atomic E-state index is 0.317. The Hall–Kier alpha value is -1.59. The molecule has 1 aromatic rings. The largest absolute Gasteiger partial charge is 0.379 e. The third-order valence-corrected chi connectivity index (χ3v) is 5.50. The summed E-state index contributed by atoms with van der Waals surface area (Å²) in [6, 6.07) is 11.1. The molecule has 0 saturated carbocycles. The Balaban J connectivity index is 1.74. The second kappa shape index (κ2) is 9.93. The molecule has 2 aliphatic heterocycles. The SMILES string of the molecule is CCNC(=NCC(c1ccccc1)N1CCOCC1)N1CCC(C)CC1. The fraction of sp³-hybridized carbons (Fsp3) is 0.667. The van der Waals surface area contributed by atoms with Crippen LogP contribution in [0.3, 0.4) is 0 Å². The van der Waals surface area contributed by atoms with Crippen LogP contribution in [0.25, 0.3) is 0 Å². The van der Waals surface area contributed by atoms with Crippen LogP contribution in [0.15, 0.2) is 35.3 Å². The molecule has 0 aliphatic carbocycles. The zero-order valence-electron chi connectivity index (χ0n) is 16.4. The quantitative estimate of drug-likeness (QED) is 0.649. The van der Waals surface area contributed by atoms with Crippen molar-refractivity contribution in [1.29, 1.82) is 0 Å². The van der Waals surface area contributed by atoms with Crippen molar-refractivity contribution >= 4 is 5.96 Å². The summed E-state index contributed by atoms with van der Waals surface area (Å²) in [4.78, 5) is 10.0.